The van der Waals surface area contributed by atoms with Gasteiger partial charge < -0.3 is 32.3 Å². The van der Waals surface area contributed by atoms with E-state index in [1.807, 2.05) is 13.8 Å². The number of aliphatic carboxylic acids is 1. The monoisotopic (exact) mass is 346 g/mol. The minimum atomic E-state index is -1.31. The van der Waals surface area contributed by atoms with Crippen LogP contribution in [0, 0.1) is 5.92 Å². The number of primary amides is 1. The normalized spacial score (nSPS) is 14.5. The van der Waals surface area contributed by atoms with E-state index in [2.05, 4.69) is 10.6 Å². The number of nitrogens with one attached hydrogen (secondary N) is 2. The van der Waals surface area contributed by atoms with Crippen LogP contribution in [0.4, 0.5) is 0 Å². The van der Waals surface area contributed by atoms with E-state index in [-0.39, 0.29) is 25.2 Å². The second kappa shape index (κ2) is 10.6. The summed E-state index contributed by atoms with van der Waals surface area (Å²) in [6.07, 6.45) is -0.110. The first-order valence-corrected chi connectivity index (χ1v) is 7.56. The van der Waals surface area contributed by atoms with Crippen LogP contribution in [0.15, 0.2) is 0 Å². The number of amides is 3. The number of carboxylic acid groups (broad SMARTS) is 1. The molecule has 0 saturated carbocycles. The third kappa shape index (κ3) is 8.44. The molecule has 0 rings (SSSR count). The van der Waals surface area contributed by atoms with Crippen LogP contribution in [-0.2, 0) is 19.2 Å². The molecule has 0 aromatic carbocycles. The van der Waals surface area contributed by atoms with Gasteiger partial charge in [0, 0.05) is 6.42 Å². The zero-order valence-corrected chi connectivity index (χ0v) is 13.8. The summed E-state index contributed by atoms with van der Waals surface area (Å²) < 4.78 is 0. The molecule has 3 amide bonds. The summed E-state index contributed by atoms with van der Waals surface area (Å²) in [4.78, 5) is 46.0. The lowest BCUT2D eigenvalue weighted by Gasteiger charge is -2.23. The van der Waals surface area contributed by atoms with Gasteiger partial charge in [0.05, 0.1) is 6.61 Å². The summed E-state index contributed by atoms with van der Waals surface area (Å²) >= 11 is 0. The average Bonchev–Trinajstić information content (AvgIpc) is 2.48. The molecule has 10 nitrogen and oxygen atoms in total. The van der Waals surface area contributed by atoms with E-state index in [1.54, 1.807) is 0 Å². The van der Waals surface area contributed by atoms with Crippen LogP contribution in [0.5, 0.6) is 0 Å². The smallest absolute Gasteiger partial charge is 0.326 e. The van der Waals surface area contributed by atoms with Crippen molar-refractivity contribution < 1.29 is 29.4 Å². The summed E-state index contributed by atoms with van der Waals surface area (Å²) in [6.45, 7) is 3.05. The SMILES string of the molecule is CC(C)C[C@H](NC(=O)[C@@H](N)CO)C(=O)N[C@@H](CCC(N)=O)C(=O)O. The summed E-state index contributed by atoms with van der Waals surface area (Å²) in [7, 11) is 0. The van der Waals surface area contributed by atoms with Crippen LogP contribution in [0.25, 0.3) is 0 Å². The molecule has 0 saturated heterocycles. The Kier molecular flexibility index (Phi) is 9.58. The van der Waals surface area contributed by atoms with Crippen molar-refractivity contribution in [3.05, 3.63) is 0 Å². The van der Waals surface area contributed by atoms with Crippen molar-refractivity contribution in [2.24, 2.45) is 17.4 Å². The first-order chi connectivity index (χ1) is 11.1. The van der Waals surface area contributed by atoms with E-state index < -0.39 is 48.4 Å². The van der Waals surface area contributed by atoms with Crippen LogP contribution < -0.4 is 22.1 Å². The van der Waals surface area contributed by atoms with Gasteiger partial charge >= 0.3 is 5.97 Å². The number of carboxylic acids is 1. The topological polar surface area (TPSA) is 185 Å². The molecule has 3 atom stereocenters. The molecule has 0 aromatic rings. The summed E-state index contributed by atoms with van der Waals surface area (Å²) in [5.41, 5.74) is 10.4. The molecule has 0 fully saturated rings. The van der Waals surface area contributed by atoms with Gasteiger partial charge in [0.2, 0.25) is 17.7 Å². The van der Waals surface area contributed by atoms with Crippen LogP contribution >= 0.6 is 0 Å². The van der Waals surface area contributed by atoms with Crippen molar-refractivity contribution in [1.29, 1.82) is 0 Å². The molecule has 0 aromatic heterocycles. The van der Waals surface area contributed by atoms with E-state index in [0.29, 0.717) is 0 Å². The zero-order valence-electron chi connectivity index (χ0n) is 13.8. The molecule has 0 aliphatic rings. The first-order valence-electron chi connectivity index (χ1n) is 7.56. The minimum absolute atomic E-state index is 0.0281. The molecule has 138 valence electrons. The van der Waals surface area contributed by atoms with Gasteiger partial charge in [-0.3, -0.25) is 14.4 Å². The largest absolute Gasteiger partial charge is 0.480 e. The maximum absolute atomic E-state index is 12.3. The van der Waals surface area contributed by atoms with Crippen LogP contribution in [-0.4, -0.2) is 58.6 Å². The Morgan fingerprint density at radius 3 is 2.00 bits per heavy atom. The second-order valence-electron chi connectivity index (χ2n) is 5.88. The molecule has 0 bridgehead atoms. The fourth-order valence-electron chi connectivity index (χ4n) is 1.88. The van der Waals surface area contributed by atoms with Gasteiger partial charge in [-0.1, -0.05) is 13.8 Å². The van der Waals surface area contributed by atoms with Gasteiger partial charge in [-0.05, 0) is 18.8 Å². The highest BCUT2D eigenvalue weighted by Gasteiger charge is 2.28. The molecule has 10 heteroatoms. The molecule has 0 unspecified atom stereocenters. The van der Waals surface area contributed by atoms with Crippen molar-refractivity contribution >= 4 is 23.7 Å². The lowest BCUT2D eigenvalue weighted by Crippen LogP contribution is -2.55. The first kappa shape index (κ1) is 21.8. The highest BCUT2D eigenvalue weighted by molar-refractivity contribution is 5.91. The molecule has 0 spiro atoms. The number of rotatable bonds is 11. The molecule has 8 N–H and O–H groups in total. The van der Waals surface area contributed by atoms with Crippen molar-refractivity contribution in [3.8, 4) is 0 Å². The van der Waals surface area contributed by atoms with E-state index in [1.165, 1.54) is 0 Å². The van der Waals surface area contributed by atoms with E-state index in [0.717, 1.165) is 0 Å². The van der Waals surface area contributed by atoms with Crippen molar-refractivity contribution in [2.45, 2.75) is 51.2 Å². The van der Waals surface area contributed by atoms with Crippen molar-refractivity contribution in [1.82, 2.24) is 10.6 Å². The maximum atomic E-state index is 12.3. The lowest BCUT2D eigenvalue weighted by molar-refractivity contribution is -0.142. The Morgan fingerprint density at radius 2 is 1.58 bits per heavy atom. The van der Waals surface area contributed by atoms with Crippen molar-refractivity contribution in [2.75, 3.05) is 6.61 Å². The van der Waals surface area contributed by atoms with Gasteiger partial charge in [-0.15, -0.1) is 0 Å². The Labute approximate surface area is 139 Å². The molecule has 0 aliphatic heterocycles. The number of carbonyl (C=O) groups is 4. The average molecular weight is 346 g/mol. The fourth-order valence-corrected chi connectivity index (χ4v) is 1.88. The molecule has 0 heterocycles. The summed E-state index contributed by atoms with van der Waals surface area (Å²) in [5.74, 6) is -3.40. The molecule has 0 aliphatic carbocycles. The Bertz CT molecular complexity index is 468. The highest BCUT2D eigenvalue weighted by Crippen LogP contribution is 2.07. The fraction of sp³-hybridized carbons (Fsp3) is 0.714. The van der Waals surface area contributed by atoms with Gasteiger partial charge in [0.1, 0.15) is 18.1 Å². The van der Waals surface area contributed by atoms with Crippen molar-refractivity contribution in [3.63, 3.8) is 0 Å². The summed E-state index contributed by atoms with van der Waals surface area (Å²) in [6, 6.07) is -3.49. The van der Waals surface area contributed by atoms with Crippen LogP contribution in [0.2, 0.25) is 0 Å². The molecule has 24 heavy (non-hydrogen) atoms. The molecular formula is C14H26N4O6. The Morgan fingerprint density at radius 1 is 1.04 bits per heavy atom. The predicted molar refractivity (Wildman–Crippen MR) is 84.4 cm³/mol. The molecular weight excluding hydrogens is 320 g/mol. The number of aliphatic hydroxyl groups excluding tert-OH is 1. The van der Waals surface area contributed by atoms with Crippen LogP contribution in [0.3, 0.4) is 0 Å². The number of hydrogen-bond acceptors (Lipinski definition) is 6. The standard InChI is InChI=1S/C14H26N4O6/c1-7(2)5-10(18-12(21)8(15)6-19)13(22)17-9(14(23)24)3-4-11(16)20/h7-10,19H,3-6,15H2,1-2H3,(H2,16,20)(H,17,22)(H,18,21)(H,23,24)/t8-,9-,10-/m0/s1. The van der Waals surface area contributed by atoms with Crippen LogP contribution in [0.1, 0.15) is 33.1 Å². The van der Waals surface area contributed by atoms with Gasteiger partial charge in [0.15, 0.2) is 0 Å². The summed E-state index contributed by atoms with van der Waals surface area (Å²) in [5, 5.41) is 22.6. The molecule has 0 radical (unpaired) electrons. The maximum Gasteiger partial charge on any atom is 0.326 e. The number of nitrogens with two attached hydrogens (primary N) is 2. The second-order valence-corrected chi connectivity index (χ2v) is 5.88. The Hall–Kier alpha value is -2.20. The van der Waals surface area contributed by atoms with Gasteiger partial charge in [-0.25, -0.2) is 4.79 Å². The minimum Gasteiger partial charge on any atom is -0.480 e. The van der Waals surface area contributed by atoms with E-state index >= 15 is 0 Å². The third-order valence-electron chi connectivity index (χ3n) is 3.17. The van der Waals surface area contributed by atoms with Gasteiger partial charge in [-0.2, -0.15) is 0 Å². The van der Waals surface area contributed by atoms with E-state index in [9.17, 15) is 19.2 Å². The zero-order chi connectivity index (χ0) is 18.9. The van der Waals surface area contributed by atoms with E-state index in [4.69, 9.17) is 21.7 Å². The number of aliphatic hydroxyl groups is 1. The predicted octanol–water partition coefficient (Wildman–Crippen LogP) is -2.33. The number of hydrogen-bond donors (Lipinski definition) is 6. The Balaban J connectivity index is 4.97. The number of carbonyl (C=O) groups excluding carboxylic acids is 3. The third-order valence-corrected chi connectivity index (χ3v) is 3.17. The quantitative estimate of drug-likeness (QED) is 0.242. The highest BCUT2D eigenvalue weighted by atomic mass is 16.4. The lowest BCUT2D eigenvalue weighted by atomic mass is 10.0. The van der Waals surface area contributed by atoms with Gasteiger partial charge in [0.25, 0.3) is 0 Å².